The lowest BCUT2D eigenvalue weighted by Crippen LogP contribution is -1.86. The van der Waals surface area contributed by atoms with Gasteiger partial charge in [-0.2, -0.15) is 0 Å². The van der Waals surface area contributed by atoms with Crippen LogP contribution in [0.5, 0.6) is 0 Å². The maximum Gasteiger partial charge on any atom is 0.0957 e. The Hall–Kier alpha value is -1.90. The number of H-pyrrole nitrogens is 1. The van der Waals surface area contributed by atoms with E-state index < -0.39 is 0 Å². The molecule has 1 N–H and O–H groups in total. The van der Waals surface area contributed by atoms with Crippen LogP contribution in [-0.4, -0.2) is 16.6 Å². The van der Waals surface area contributed by atoms with Crippen molar-refractivity contribution in [2.75, 3.05) is 6.67 Å². The van der Waals surface area contributed by atoms with Gasteiger partial charge in [-0.25, -0.2) is 0 Å². The van der Waals surface area contributed by atoms with Crippen LogP contribution in [0.1, 0.15) is 12.0 Å². The summed E-state index contributed by atoms with van der Waals surface area (Å²) in [4.78, 5) is 7.71. The van der Waals surface area contributed by atoms with Crippen molar-refractivity contribution in [1.29, 1.82) is 0 Å². The molecule has 17 heavy (non-hydrogen) atoms. The number of nitrogens with one attached hydrogen (secondary N) is 1. The third-order valence-corrected chi connectivity index (χ3v) is 3.02. The van der Waals surface area contributed by atoms with E-state index in [-0.39, 0.29) is 6.67 Å². The first-order valence-corrected chi connectivity index (χ1v) is 5.80. The Kier molecular flexibility index (Phi) is 2.52. The highest BCUT2D eigenvalue weighted by Crippen LogP contribution is 2.24. The van der Waals surface area contributed by atoms with Crippen LogP contribution in [0.25, 0.3) is 21.9 Å². The molecule has 0 aliphatic carbocycles. The Bertz CT molecular complexity index is 657. The summed E-state index contributed by atoms with van der Waals surface area (Å²) < 4.78 is 12.1. The fourth-order valence-corrected chi connectivity index (χ4v) is 2.19. The van der Waals surface area contributed by atoms with E-state index in [0.717, 1.165) is 28.4 Å². The van der Waals surface area contributed by atoms with Crippen LogP contribution >= 0.6 is 0 Å². The normalized spacial score (nSPS) is 11.4. The standard InChI is InChI=1S/C14H13FN2/c15-7-1-3-10-5-6-11-13(9-10)17-12-4-2-8-16-14(11)12/h2,4-6,8-9,17H,1,3,7H2. The molecule has 0 aliphatic rings. The van der Waals surface area contributed by atoms with Crippen molar-refractivity contribution in [2.24, 2.45) is 0 Å². The molecule has 86 valence electrons. The molecular formula is C14H13FN2. The van der Waals surface area contributed by atoms with Gasteiger partial charge in [-0.15, -0.1) is 0 Å². The molecule has 0 radical (unpaired) electrons. The third kappa shape index (κ3) is 1.78. The second-order valence-electron chi connectivity index (χ2n) is 4.20. The Labute approximate surface area is 98.5 Å². The molecule has 0 bridgehead atoms. The average Bonchev–Trinajstić information content (AvgIpc) is 2.74. The summed E-state index contributed by atoms with van der Waals surface area (Å²) >= 11 is 0. The van der Waals surface area contributed by atoms with Gasteiger partial charge in [0.2, 0.25) is 0 Å². The van der Waals surface area contributed by atoms with E-state index in [1.165, 1.54) is 5.56 Å². The molecule has 0 aliphatic heterocycles. The number of aryl methyl sites for hydroxylation is 1. The summed E-state index contributed by atoms with van der Waals surface area (Å²) in [5, 5.41) is 1.13. The molecule has 0 fully saturated rings. The summed E-state index contributed by atoms with van der Waals surface area (Å²) in [7, 11) is 0. The first-order chi connectivity index (χ1) is 8.38. The topological polar surface area (TPSA) is 28.7 Å². The van der Waals surface area contributed by atoms with Crippen molar-refractivity contribution in [3.05, 3.63) is 42.1 Å². The fourth-order valence-electron chi connectivity index (χ4n) is 2.19. The molecule has 3 heteroatoms. The molecule has 0 saturated carbocycles. The van der Waals surface area contributed by atoms with Gasteiger partial charge in [0.15, 0.2) is 0 Å². The molecule has 1 aromatic carbocycles. The van der Waals surface area contributed by atoms with Crippen molar-refractivity contribution < 1.29 is 4.39 Å². The number of benzene rings is 1. The van der Waals surface area contributed by atoms with Crippen LogP contribution < -0.4 is 0 Å². The first-order valence-electron chi connectivity index (χ1n) is 5.80. The number of aromatic amines is 1. The zero-order valence-electron chi connectivity index (χ0n) is 9.41. The number of rotatable bonds is 3. The van der Waals surface area contributed by atoms with Gasteiger partial charge < -0.3 is 4.98 Å². The van der Waals surface area contributed by atoms with Crippen molar-refractivity contribution in [3.63, 3.8) is 0 Å². The summed E-state index contributed by atoms with van der Waals surface area (Å²) in [6.45, 7) is -0.258. The van der Waals surface area contributed by atoms with Gasteiger partial charge in [0.25, 0.3) is 0 Å². The number of hydrogen-bond donors (Lipinski definition) is 1. The van der Waals surface area contributed by atoms with Gasteiger partial charge in [-0.05, 0) is 36.6 Å². The van der Waals surface area contributed by atoms with Crippen molar-refractivity contribution in [1.82, 2.24) is 9.97 Å². The zero-order valence-corrected chi connectivity index (χ0v) is 9.41. The zero-order chi connectivity index (χ0) is 11.7. The fraction of sp³-hybridized carbons (Fsp3) is 0.214. The number of alkyl halides is 1. The molecule has 0 amide bonds. The van der Waals surface area contributed by atoms with E-state index in [4.69, 9.17) is 0 Å². The lowest BCUT2D eigenvalue weighted by Gasteiger charge is -1.98. The first kappa shape index (κ1) is 10.3. The van der Waals surface area contributed by atoms with Crippen LogP contribution in [0, 0.1) is 0 Å². The quantitative estimate of drug-likeness (QED) is 0.728. The number of hydrogen-bond acceptors (Lipinski definition) is 1. The highest BCUT2D eigenvalue weighted by molar-refractivity contribution is 6.04. The number of aromatic nitrogens is 2. The van der Waals surface area contributed by atoms with Gasteiger partial charge in [-0.1, -0.05) is 12.1 Å². The van der Waals surface area contributed by atoms with Crippen LogP contribution in [0.4, 0.5) is 4.39 Å². The SMILES string of the molecule is FCCCc1ccc2c(c1)[nH]c1cccnc12. The molecule has 2 heterocycles. The van der Waals surface area contributed by atoms with E-state index >= 15 is 0 Å². The van der Waals surface area contributed by atoms with E-state index in [2.05, 4.69) is 28.2 Å². The van der Waals surface area contributed by atoms with Gasteiger partial charge in [-0.3, -0.25) is 9.37 Å². The number of halogens is 1. The predicted octanol–water partition coefficient (Wildman–Crippen LogP) is 3.62. The second-order valence-corrected chi connectivity index (χ2v) is 4.20. The van der Waals surface area contributed by atoms with Crippen molar-refractivity contribution in [3.8, 4) is 0 Å². The van der Waals surface area contributed by atoms with Gasteiger partial charge in [0.05, 0.1) is 17.7 Å². The van der Waals surface area contributed by atoms with Crippen molar-refractivity contribution in [2.45, 2.75) is 12.8 Å². The second kappa shape index (κ2) is 4.17. The van der Waals surface area contributed by atoms with E-state index in [1.54, 1.807) is 6.20 Å². The Morgan fingerprint density at radius 2 is 2.12 bits per heavy atom. The molecule has 2 aromatic heterocycles. The Morgan fingerprint density at radius 3 is 3.00 bits per heavy atom. The Balaban J connectivity index is 2.13. The molecule has 0 saturated heterocycles. The van der Waals surface area contributed by atoms with E-state index in [1.807, 2.05) is 12.1 Å². The van der Waals surface area contributed by atoms with Gasteiger partial charge in [0.1, 0.15) is 0 Å². The lowest BCUT2D eigenvalue weighted by atomic mass is 10.1. The summed E-state index contributed by atoms with van der Waals surface area (Å²) in [6, 6.07) is 10.1. The largest absolute Gasteiger partial charge is 0.353 e. The Morgan fingerprint density at radius 1 is 1.18 bits per heavy atom. The highest BCUT2D eigenvalue weighted by atomic mass is 19.1. The summed E-state index contributed by atoms with van der Waals surface area (Å²) in [5.74, 6) is 0. The van der Waals surface area contributed by atoms with E-state index in [9.17, 15) is 4.39 Å². The number of nitrogens with zero attached hydrogens (tertiary/aromatic N) is 1. The predicted molar refractivity (Wildman–Crippen MR) is 67.9 cm³/mol. The molecule has 2 nitrogen and oxygen atoms in total. The van der Waals surface area contributed by atoms with Crippen LogP contribution in [0.2, 0.25) is 0 Å². The van der Waals surface area contributed by atoms with E-state index in [0.29, 0.717) is 6.42 Å². The minimum absolute atomic E-state index is 0.258. The molecule has 0 spiro atoms. The lowest BCUT2D eigenvalue weighted by molar-refractivity contribution is 0.473. The maximum absolute atomic E-state index is 12.1. The minimum atomic E-state index is -0.258. The van der Waals surface area contributed by atoms with Crippen LogP contribution in [0.3, 0.4) is 0 Å². The molecule has 3 aromatic rings. The molecule has 0 unspecified atom stereocenters. The average molecular weight is 228 g/mol. The maximum atomic E-state index is 12.1. The summed E-state index contributed by atoms with van der Waals surface area (Å²) in [6.07, 6.45) is 3.17. The third-order valence-electron chi connectivity index (χ3n) is 3.02. The highest BCUT2D eigenvalue weighted by Gasteiger charge is 2.05. The summed E-state index contributed by atoms with van der Waals surface area (Å²) in [5.41, 5.74) is 4.29. The monoisotopic (exact) mass is 228 g/mol. The smallest absolute Gasteiger partial charge is 0.0957 e. The molecular weight excluding hydrogens is 215 g/mol. The van der Waals surface area contributed by atoms with Crippen LogP contribution in [0.15, 0.2) is 36.5 Å². The number of pyridine rings is 1. The molecule has 0 atom stereocenters. The van der Waals surface area contributed by atoms with Crippen LogP contribution in [-0.2, 0) is 6.42 Å². The van der Waals surface area contributed by atoms with Crippen molar-refractivity contribution >= 4 is 21.9 Å². The number of fused-ring (bicyclic) bond motifs is 3. The molecule has 3 rings (SSSR count). The van der Waals surface area contributed by atoms with Gasteiger partial charge >= 0.3 is 0 Å². The minimum Gasteiger partial charge on any atom is -0.353 e. The van der Waals surface area contributed by atoms with Gasteiger partial charge in [0, 0.05) is 17.1 Å².